The number of carbonyl (C=O) groups is 1. The first kappa shape index (κ1) is 23.4. The summed E-state index contributed by atoms with van der Waals surface area (Å²) in [4.78, 5) is 25.1. The van der Waals surface area contributed by atoms with Crippen molar-refractivity contribution in [2.24, 2.45) is 0 Å². The van der Waals surface area contributed by atoms with Crippen molar-refractivity contribution in [1.29, 1.82) is 0 Å². The second-order valence-corrected chi connectivity index (χ2v) is 9.95. The van der Waals surface area contributed by atoms with Gasteiger partial charge >= 0.3 is 0 Å². The van der Waals surface area contributed by atoms with Crippen molar-refractivity contribution in [3.63, 3.8) is 0 Å². The lowest BCUT2D eigenvalue weighted by Gasteiger charge is -2.23. The van der Waals surface area contributed by atoms with Gasteiger partial charge in [0.2, 0.25) is 16.6 Å². The molecule has 10 nitrogen and oxygen atoms in total. The van der Waals surface area contributed by atoms with Gasteiger partial charge in [0.1, 0.15) is 10.7 Å². The Morgan fingerprint density at radius 2 is 1.83 bits per heavy atom. The molecule has 0 unspecified atom stereocenters. The number of non-ortho nitro benzene ring substituents is 1. The van der Waals surface area contributed by atoms with E-state index < -0.39 is 30.9 Å². The average Bonchev–Trinajstić information content (AvgIpc) is 3.41. The highest BCUT2D eigenvalue weighted by molar-refractivity contribution is 7.97. The number of sulfone groups is 1. The van der Waals surface area contributed by atoms with Crippen LogP contribution in [0, 0.1) is 10.1 Å². The molecule has 0 saturated carbocycles. The molecular formula is C25H20N2O8S. The molecule has 36 heavy (non-hydrogen) atoms. The summed E-state index contributed by atoms with van der Waals surface area (Å²) in [5, 5.41) is 9.87. The van der Waals surface area contributed by atoms with Gasteiger partial charge in [-0.15, -0.1) is 0 Å². The van der Waals surface area contributed by atoms with Crippen LogP contribution in [0.2, 0.25) is 0 Å². The van der Waals surface area contributed by atoms with Gasteiger partial charge in [-0.1, -0.05) is 18.2 Å². The molecule has 11 heteroatoms. The number of hydrogen-bond acceptors (Lipinski definition) is 8. The molecule has 184 valence electrons. The summed E-state index contributed by atoms with van der Waals surface area (Å²) in [5.74, 6) is 0.751. The number of amides is 1. The third-order valence-electron chi connectivity index (χ3n) is 5.75. The first-order valence-corrected chi connectivity index (χ1v) is 12.5. The minimum atomic E-state index is -4.29. The van der Waals surface area contributed by atoms with E-state index in [9.17, 15) is 23.3 Å². The summed E-state index contributed by atoms with van der Waals surface area (Å²) in [5.41, 5.74) is 0.547. The lowest BCUT2D eigenvalue weighted by molar-refractivity contribution is -0.384. The van der Waals surface area contributed by atoms with Crippen LogP contribution in [0.1, 0.15) is 23.4 Å². The molecule has 0 bridgehead atoms. The third kappa shape index (κ3) is 4.03. The minimum absolute atomic E-state index is 0.0486. The maximum Gasteiger partial charge on any atom is 0.271 e. The van der Waals surface area contributed by atoms with E-state index in [0.29, 0.717) is 35.1 Å². The normalized spacial score (nSPS) is 19.0. The summed E-state index contributed by atoms with van der Waals surface area (Å²) in [6.45, 7) is 2.32. The van der Waals surface area contributed by atoms with Crippen LogP contribution in [0.15, 0.2) is 71.6 Å². The van der Waals surface area contributed by atoms with Gasteiger partial charge in [0.15, 0.2) is 16.9 Å². The molecule has 2 heterocycles. The lowest BCUT2D eigenvalue weighted by atomic mass is 10.1. The molecule has 3 aromatic carbocycles. The molecule has 0 radical (unpaired) electrons. The molecule has 2 aliphatic rings. The molecule has 1 fully saturated rings. The number of benzene rings is 3. The molecule has 2 aliphatic heterocycles. The van der Waals surface area contributed by atoms with Crippen molar-refractivity contribution in [2.45, 2.75) is 12.3 Å². The molecule has 3 aromatic rings. The van der Waals surface area contributed by atoms with Crippen LogP contribution >= 0.6 is 0 Å². The van der Waals surface area contributed by atoms with E-state index in [1.54, 1.807) is 42.5 Å². The van der Waals surface area contributed by atoms with Gasteiger partial charge in [-0.2, -0.15) is 0 Å². The molecule has 0 aliphatic carbocycles. The number of carbonyl (C=O) groups excluding carboxylic acids is 1. The SMILES string of the molecule is CCOc1ccc(N2C(=O)/C(=C\c3ccc4c(c3)OCO4)S(=O)(=O)[C@@H]2c2cccc([N+](=O)[O-])c2)cc1. The van der Waals surface area contributed by atoms with E-state index in [0.717, 1.165) is 4.90 Å². The Bertz CT molecular complexity index is 1500. The molecular weight excluding hydrogens is 488 g/mol. The topological polar surface area (TPSA) is 125 Å². The Hall–Kier alpha value is -4.38. The molecule has 0 N–H and O–H groups in total. The van der Waals surface area contributed by atoms with E-state index in [2.05, 4.69) is 0 Å². The Morgan fingerprint density at radius 3 is 2.56 bits per heavy atom. The first-order valence-electron chi connectivity index (χ1n) is 11.0. The van der Waals surface area contributed by atoms with Crippen LogP contribution in [-0.4, -0.2) is 32.6 Å². The van der Waals surface area contributed by atoms with Crippen LogP contribution in [-0.2, 0) is 14.6 Å². The zero-order valence-corrected chi connectivity index (χ0v) is 19.8. The number of nitro groups is 1. The average molecular weight is 509 g/mol. The van der Waals surface area contributed by atoms with Crippen molar-refractivity contribution >= 4 is 33.2 Å². The maximum absolute atomic E-state index is 13.8. The molecule has 0 aromatic heterocycles. The van der Waals surface area contributed by atoms with E-state index in [-0.39, 0.29) is 18.0 Å². The summed E-state index contributed by atoms with van der Waals surface area (Å²) < 4.78 is 43.7. The van der Waals surface area contributed by atoms with Crippen molar-refractivity contribution in [3.8, 4) is 17.2 Å². The Labute approximate surface area is 206 Å². The summed E-state index contributed by atoms with van der Waals surface area (Å²) in [6.07, 6.45) is 1.28. The minimum Gasteiger partial charge on any atom is -0.494 e. The Balaban J connectivity index is 1.65. The van der Waals surface area contributed by atoms with E-state index >= 15 is 0 Å². The Morgan fingerprint density at radius 1 is 1.08 bits per heavy atom. The largest absolute Gasteiger partial charge is 0.494 e. The van der Waals surface area contributed by atoms with Crippen molar-refractivity contribution in [1.82, 2.24) is 0 Å². The zero-order valence-electron chi connectivity index (χ0n) is 19.0. The monoisotopic (exact) mass is 508 g/mol. The Kier molecular flexibility index (Phi) is 5.84. The van der Waals surface area contributed by atoms with E-state index in [4.69, 9.17) is 14.2 Å². The van der Waals surface area contributed by atoms with E-state index in [1.165, 1.54) is 30.3 Å². The van der Waals surface area contributed by atoms with Crippen LogP contribution in [0.3, 0.4) is 0 Å². The number of nitro benzene ring substituents is 1. The summed E-state index contributed by atoms with van der Waals surface area (Å²) >= 11 is 0. The lowest BCUT2D eigenvalue weighted by Crippen LogP contribution is -2.29. The van der Waals surface area contributed by atoms with Crippen LogP contribution in [0.5, 0.6) is 17.2 Å². The van der Waals surface area contributed by atoms with Crippen LogP contribution in [0.4, 0.5) is 11.4 Å². The molecule has 1 amide bonds. The maximum atomic E-state index is 13.8. The van der Waals surface area contributed by atoms with Gasteiger partial charge < -0.3 is 14.2 Å². The highest BCUT2D eigenvalue weighted by Crippen LogP contribution is 2.45. The number of fused-ring (bicyclic) bond motifs is 1. The molecule has 0 spiro atoms. The van der Waals surface area contributed by atoms with E-state index in [1.807, 2.05) is 6.92 Å². The zero-order chi connectivity index (χ0) is 25.4. The van der Waals surface area contributed by atoms with Gasteiger partial charge in [-0.25, -0.2) is 8.42 Å². The molecule has 1 saturated heterocycles. The smallest absolute Gasteiger partial charge is 0.271 e. The quantitative estimate of drug-likeness (QED) is 0.275. The molecule has 5 rings (SSSR count). The van der Waals surface area contributed by atoms with Gasteiger partial charge in [0, 0.05) is 17.8 Å². The fraction of sp³-hybridized carbons (Fsp3) is 0.160. The number of rotatable bonds is 6. The summed E-state index contributed by atoms with van der Waals surface area (Å²) in [6, 6.07) is 16.5. The number of ether oxygens (including phenoxy) is 3. The highest BCUT2D eigenvalue weighted by Gasteiger charge is 2.50. The molecule has 1 atom stereocenters. The fourth-order valence-electron chi connectivity index (χ4n) is 4.15. The second kappa shape index (κ2) is 9.00. The van der Waals surface area contributed by atoms with Crippen molar-refractivity contribution < 1.29 is 32.3 Å². The third-order valence-corrected chi connectivity index (χ3v) is 7.73. The highest BCUT2D eigenvalue weighted by atomic mass is 32.2. The first-order chi connectivity index (χ1) is 17.3. The van der Waals surface area contributed by atoms with Crippen molar-refractivity contribution in [2.75, 3.05) is 18.3 Å². The predicted octanol–water partition coefficient (Wildman–Crippen LogP) is 4.22. The number of nitrogens with zero attached hydrogens (tertiary/aromatic N) is 2. The fourth-order valence-corrected chi connectivity index (χ4v) is 6.03. The number of hydrogen-bond donors (Lipinski definition) is 0. The predicted molar refractivity (Wildman–Crippen MR) is 130 cm³/mol. The summed E-state index contributed by atoms with van der Waals surface area (Å²) in [7, 11) is -4.29. The van der Waals surface area contributed by atoms with Crippen LogP contribution in [0.25, 0.3) is 6.08 Å². The second-order valence-electron chi connectivity index (χ2n) is 7.97. The van der Waals surface area contributed by atoms with Gasteiger partial charge in [-0.3, -0.25) is 19.8 Å². The van der Waals surface area contributed by atoms with Crippen LogP contribution < -0.4 is 19.1 Å². The number of anilines is 1. The van der Waals surface area contributed by atoms with Gasteiger partial charge in [-0.05, 0) is 60.5 Å². The van der Waals surface area contributed by atoms with Gasteiger partial charge in [0.05, 0.1) is 11.5 Å². The van der Waals surface area contributed by atoms with Gasteiger partial charge in [0.25, 0.3) is 11.6 Å². The standard InChI is InChI=1S/C25H20N2O8S/c1-2-33-20-9-7-18(8-10-20)26-24(28)23(13-16-6-11-21-22(12-16)35-15-34-21)36(31,32)25(26)17-4-3-5-19(14-17)27(29)30/h3-14,25H,2,15H2,1H3/b23-13+/t25-/m1/s1. The van der Waals surface area contributed by atoms with Crippen molar-refractivity contribution in [3.05, 3.63) is 92.9 Å².